The van der Waals surface area contributed by atoms with Crippen molar-refractivity contribution in [2.75, 3.05) is 19.7 Å². The number of carbonyl (C=O) groups is 1. The highest BCUT2D eigenvalue weighted by Gasteiger charge is 2.26. The van der Waals surface area contributed by atoms with Crippen molar-refractivity contribution in [2.24, 2.45) is 11.8 Å². The van der Waals surface area contributed by atoms with Crippen LogP contribution in [0, 0.1) is 5.92 Å². The number of likely N-dealkylation sites (N-methyl/N-ethyl adjacent to an activating group) is 1. The third kappa shape index (κ3) is 4.59. The second-order valence-electron chi connectivity index (χ2n) is 3.90. The van der Waals surface area contributed by atoms with Gasteiger partial charge in [0.25, 0.3) is 5.91 Å². The predicted octanol–water partition coefficient (Wildman–Crippen LogP) is -0.295. The molecule has 0 spiro atoms. The van der Waals surface area contributed by atoms with Crippen LogP contribution < -0.4 is 11.3 Å². The summed E-state index contributed by atoms with van der Waals surface area (Å²) in [5.41, 5.74) is 2.19. The summed E-state index contributed by atoms with van der Waals surface area (Å²) in [6, 6.07) is -0.216. The van der Waals surface area contributed by atoms with Crippen LogP contribution in [0.1, 0.15) is 27.2 Å². The smallest absolute Gasteiger partial charge is 0.251 e. The number of aliphatic hydroxyl groups is 1. The van der Waals surface area contributed by atoms with Gasteiger partial charge in [-0.2, -0.15) is 0 Å². The molecule has 4 N–H and O–H groups in total. The first-order chi connectivity index (χ1) is 7.08. The molecule has 0 aliphatic rings. The minimum absolute atomic E-state index is 0.144. The zero-order valence-corrected chi connectivity index (χ0v) is 9.86. The number of rotatable bonds is 7. The minimum Gasteiger partial charge on any atom is -0.396 e. The fourth-order valence-corrected chi connectivity index (χ4v) is 1.74. The molecule has 90 valence electrons. The van der Waals surface area contributed by atoms with Crippen molar-refractivity contribution < 1.29 is 9.90 Å². The van der Waals surface area contributed by atoms with E-state index in [2.05, 4.69) is 5.43 Å². The molecule has 0 aliphatic heterocycles. The van der Waals surface area contributed by atoms with Gasteiger partial charge in [0.2, 0.25) is 0 Å². The second kappa shape index (κ2) is 7.62. The molecule has 5 heteroatoms. The van der Waals surface area contributed by atoms with Gasteiger partial charge in [-0.05, 0) is 18.9 Å². The summed E-state index contributed by atoms with van der Waals surface area (Å²) >= 11 is 0. The van der Waals surface area contributed by atoms with Crippen molar-refractivity contribution >= 4 is 5.91 Å². The molecule has 0 aromatic heterocycles. The number of carbonyl (C=O) groups excluding carboxylic acids is 1. The van der Waals surface area contributed by atoms with E-state index >= 15 is 0 Å². The van der Waals surface area contributed by atoms with Crippen molar-refractivity contribution in [2.45, 2.75) is 33.2 Å². The molecule has 0 heterocycles. The lowest BCUT2D eigenvalue weighted by Gasteiger charge is -2.31. The molecule has 1 unspecified atom stereocenters. The van der Waals surface area contributed by atoms with Gasteiger partial charge in [-0.1, -0.05) is 20.8 Å². The van der Waals surface area contributed by atoms with E-state index in [1.54, 1.807) is 0 Å². The van der Waals surface area contributed by atoms with E-state index in [-0.39, 0.29) is 24.5 Å². The number of hydrogen-bond acceptors (Lipinski definition) is 4. The normalized spacial score (nSPS) is 13.3. The van der Waals surface area contributed by atoms with Gasteiger partial charge in [0.15, 0.2) is 0 Å². The summed E-state index contributed by atoms with van der Waals surface area (Å²) in [5.74, 6) is 5.20. The molecule has 0 fully saturated rings. The zero-order chi connectivity index (χ0) is 11.8. The third-order valence-corrected chi connectivity index (χ3v) is 2.45. The molecule has 1 atom stereocenters. The third-order valence-electron chi connectivity index (χ3n) is 2.45. The van der Waals surface area contributed by atoms with Gasteiger partial charge >= 0.3 is 0 Å². The van der Waals surface area contributed by atoms with Crippen LogP contribution in [0.25, 0.3) is 0 Å². The molecule has 15 heavy (non-hydrogen) atoms. The highest BCUT2D eigenvalue weighted by Crippen LogP contribution is 2.11. The number of nitrogens with two attached hydrogens (primary N) is 1. The monoisotopic (exact) mass is 217 g/mol. The average Bonchev–Trinajstić information content (AvgIpc) is 2.22. The number of hydrogen-bond donors (Lipinski definition) is 3. The van der Waals surface area contributed by atoms with Crippen LogP contribution >= 0.6 is 0 Å². The Morgan fingerprint density at radius 3 is 2.47 bits per heavy atom. The Morgan fingerprint density at radius 1 is 1.53 bits per heavy atom. The molecule has 0 bridgehead atoms. The maximum atomic E-state index is 11.6. The van der Waals surface area contributed by atoms with Gasteiger partial charge < -0.3 is 5.11 Å². The Kier molecular flexibility index (Phi) is 7.29. The Hall–Kier alpha value is -0.650. The molecular formula is C10H23N3O2. The van der Waals surface area contributed by atoms with Crippen molar-refractivity contribution in [1.29, 1.82) is 0 Å². The van der Waals surface area contributed by atoms with Gasteiger partial charge in [0.1, 0.15) is 0 Å². The van der Waals surface area contributed by atoms with Crippen LogP contribution in [-0.4, -0.2) is 41.7 Å². The van der Waals surface area contributed by atoms with Crippen molar-refractivity contribution in [3.8, 4) is 0 Å². The number of hydrazine groups is 1. The van der Waals surface area contributed by atoms with Crippen LogP contribution in [0.2, 0.25) is 0 Å². The highest BCUT2D eigenvalue weighted by molar-refractivity contribution is 5.81. The molecular weight excluding hydrogens is 194 g/mol. The minimum atomic E-state index is -0.216. The molecule has 0 aromatic carbocycles. The highest BCUT2D eigenvalue weighted by atomic mass is 16.3. The van der Waals surface area contributed by atoms with Crippen LogP contribution in [0.15, 0.2) is 0 Å². The lowest BCUT2D eigenvalue weighted by atomic mass is 10.0. The van der Waals surface area contributed by atoms with Gasteiger partial charge in [-0.3, -0.25) is 15.1 Å². The lowest BCUT2D eigenvalue weighted by molar-refractivity contribution is -0.128. The van der Waals surface area contributed by atoms with Gasteiger partial charge in [0, 0.05) is 13.2 Å². The maximum absolute atomic E-state index is 11.6. The van der Waals surface area contributed by atoms with E-state index < -0.39 is 0 Å². The molecule has 1 amide bonds. The van der Waals surface area contributed by atoms with Crippen molar-refractivity contribution in [1.82, 2.24) is 10.3 Å². The summed E-state index contributed by atoms with van der Waals surface area (Å²) in [7, 11) is 0. The standard InChI is InChI=1S/C10H23N3O2/c1-4-13(6-5-7-14)9(8(2)3)10(15)12-11/h8-9,14H,4-7,11H2,1-3H3,(H,12,15). The number of aliphatic hydroxyl groups excluding tert-OH is 1. The van der Waals surface area contributed by atoms with E-state index in [1.807, 2.05) is 25.7 Å². The average molecular weight is 217 g/mol. The molecule has 0 aromatic rings. The lowest BCUT2D eigenvalue weighted by Crippen LogP contribution is -2.52. The second-order valence-corrected chi connectivity index (χ2v) is 3.90. The maximum Gasteiger partial charge on any atom is 0.251 e. The first kappa shape index (κ1) is 14.3. The summed E-state index contributed by atoms with van der Waals surface area (Å²) in [4.78, 5) is 13.6. The van der Waals surface area contributed by atoms with Gasteiger partial charge in [-0.15, -0.1) is 0 Å². The summed E-state index contributed by atoms with van der Waals surface area (Å²) in [5, 5.41) is 8.77. The zero-order valence-electron chi connectivity index (χ0n) is 9.86. The van der Waals surface area contributed by atoms with E-state index in [1.165, 1.54) is 0 Å². The molecule has 0 aliphatic carbocycles. The number of nitrogens with zero attached hydrogens (tertiary/aromatic N) is 1. The van der Waals surface area contributed by atoms with Crippen molar-refractivity contribution in [3.05, 3.63) is 0 Å². The SMILES string of the molecule is CCN(CCCO)C(C(=O)NN)C(C)C. The van der Waals surface area contributed by atoms with Gasteiger partial charge in [-0.25, -0.2) is 5.84 Å². The van der Waals surface area contributed by atoms with Crippen LogP contribution in [0.3, 0.4) is 0 Å². The molecule has 0 rings (SSSR count). The Morgan fingerprint density at radius 2 is 2.13 bits per heavy atom. The fourth-order valence-electron chi connectivity index (χ4n) is 1.74. The van der Waals surface area contributed by atoms with Gasteiger partial charge in [0.05, 0.1) is 6.04 Å². The summed E-state index contributed by atoms with van der Waals surface area (Å²) in [6.07, 6.45) is 0.676. The van der Waals surface area contributed by atoms with E-state index in [0.717, 1.165) is 6.54 Å². The van der Waals surface area contributed by atoms with Crippen LogP contribution in [0.5, 0.6) is 0 Å². The quantitative estimate of drug-likeness (QED) is 0.311. The van der Waals surface area contributed by atoms with Crippen LogP contribution in [0.4, 0.5) is 0 Å². The number of nitrogens with one attached hydrogen (secondary N) is 1. The van der Waals surface area contributed by atoms with E-state index in [9.17, 15) is 4.79 Å². The first-order valence-corrected chi connectivity index (χ1v) is 5.43. The van der Waals surface area contributed by atoms with Crippen molar-refractivity contribution in [3.63, 3.8) is 0 Å². The Balaban J connectivity index is 4.47. The predicted molar refractivity (Wildman–Crippen MR) is 59.9 cm³/mol. The Labute approximate surface area is 91.6 Å². The topological polar surface area (TPSA) is 78.6 Å². The molecule has 5 nitrogen and oxygen atoms in total. The molecule has 0 saturated heterocycles. The Bertz CT molecular complexity index is 186. The van der Waals surface area contributed by atoms with Crippen LogP contribution in [-0.2, 0) is 4.79 Å². The number of amides is 1. The van der Waals surface area contributed by atoms with E-state index in [4.69, 9.17) is 10.9 Å². The fraction of sp³-hybridized carbons (Fsp3) is 0.900. The largest absolute Gasteiger partial charge is 0.396 e. The molecule has 0 radical (unpaired) electrons. The summed E-state index contributed by atoms with van der Waals surface area (Å²) < 4.78 is 0. The van der Waals surface area contributed by atoms with E-state index in [0.29, 0.717) is 13.0 Å². The summed E-state index contributed by atoms with van der Waals surface area (Å²) in [6.45, 7) is 7.60. The first-order valence-electron chi connectivity index (χ1n) is 5.43. The molecule has 0 saturated carbocycles.